The minimum absolute atomic E-state index is 0.0878. The Hall–Kier alpha value is -5.47. The number of anilines is 3. The van der Waals surface area contributed by atoms with Crippen LogP contribution in [0.4, 0.5) is 17.1 Å². The van der Waals surface area contributed by atoms with Crippen molar-refractivity contribution in [1.82, 2.24) is 0 Å². The van der Waals surface area contributed by atoms with Crippen LogP contribution in [0.5, 0.6) is 5.75 Å². The van der Waals surface area contributed by atoms with Gasteiger partial charge in [-0.3, -0.25) is 0 Å². The molecule has 0 bridgehead atoms. The van der Waals surface area contributed by atoms with E-state index < -0.39 is 21.0 Å². The molecule has 0 heterocycles. The lowest BCUT2D eigenvalue weighted by molar-refractivity contribution is -0.539. The highest BCUT2D eigenvalue weighted by Crippen LogP contribution is 2.43. The highest BCUT2D eigenvalue weighted by atomic mass is 32.3. The van der Waals surface area contributed by atoms with Crippen molar-refractivity contribution in [2.45, 2.75) is 57.5 Å². The maximum atomic E-state index is 11.7. The van der Waals surface area contributed by atoms with Crippen LogP contribution in [0.25, 0.3) is 5.57 Å². The number of nitrogens with one attached hydrogen (secondary N) is 1. The monoisotopic (exact) mass is 833 g/mol. The Kier molecular flexibility index (Phi) is 13.6. The van der Waals surface area contributed by atoms with Crippen molar-refractivity contribution in [3.8, 4) is 5.75 Å². The summed E-state index contributed by atoms with van der Waals surface area (Å²) in [6.45, 7) is 13.2. The summed E-state index contributed by atoms with van der Waals surface area (Å²) in [5.41, 5.74) is 11.8. The van der Waals surface area contributed by atoms with E-state index in [4.69, 9.17) is 4.74 Å². The summed E-state index contributed by atoms with van der Waals surface area (Å²) in [6.07, 6.45) is 6.43. The fourth-order valence-electron chi connectivity index (χ4n) is 7.22. The molecule has 0 aromatic heterocycles. The fourth-order valence-corrected chi connectivity index (χ4v) is 8.33. The van der Waals surface area contributed by atoms with E-state index in [1.165, 1.54) is 18.2 Å². The quantitative estimate of drug-likeness (QED) is 0.0598. The number of allylic oxidation sites excluding steroid dienone is 5. The Morgan fingerprint density at radius 2 is 1.42 bits per heavy atom. The number of ether oxygens (including phenoxy) is 1. The lowest BCUT2D eigenvalue weighted by Crippen LogP contribution is -2.22. The van der Waals surface area contributed by atoms with Gasteiger partial charge < -0.3 is 33.2 Å². The van der Waals surface area contributed by atoms with E-state index in [-0.39, 0.29) is 9.79 Å². The van der Waals surface area contributed by atoms with E-state index in [1.54, 1.807) is 18.2 Å². The molecule has 0 saturated heterocycles. The largest absolute Gasteiger partial charge is 0.744 e. The highest BCUT2D eigenvalue weighted by Gasteiger charge is 2.22. The maximum absolute atomic E-state index is 11.7. The second-order valence-electron chi connectivity index (χ2n) is 14.3. The van der Waals surface area contributed by atoms with Crippen molar-refractivity contribution in [2.24, 2.45) is 0 Å². The minimum Gasteiger partial charge on any atom is -0.744 e. The van der Waals surface area contributed by atoms with Crippen LogP contribution in [0.1, 0.15) is 55.5 Å². The van der Waals surface area contributed by atoms with Crippen molar-refractivity contribution >= 4 is 49.3 Å². The number of benzene rings is 5. The van der Waals surface area contributed by atoms with Gasteiger partial charge in [0.05, 0.1) is 16.4 Å². The molecule has 0 fully saturated rings. The zero-order chi connectivity index (χ0) is 42.3. The van der Waals surface area contributed by atoms with Gasteiger partial charge in [-0.1, -0.05) is 42.5 Å². The average molecular weight is 834 g/mol. The normalized spacial score (nSPS) is 15.0. The molecule has 4 N–H and O–H groups in total. The second-order valence-corrected chi connectivity index (χ2v) is 17.2. The third-order valence-corrected chi connectivity index (χ3v) is 11.9. The molecule has 1 aliphatic rings. The summed E-state index contributed by atoms with van der Waals surface area (Å²) < 4.78 is 72.5. The Balaban J connectivity index is 1.38. The van der Waals surface area contributed by atoms with Gasteiger partial charge in [0.1, 0.15) is 33.3 Å². The Morgan fingerprint density at radius 3 is 2.02 bits per heavy atom. The van der Waals surface area contributed by atoms with Crippen molar-refractivity contribution in [3.05, 3.63) is 172 Å². The lowest BCUT2D eigenvalue weighted by Gasteiger charge is -2.26. The van der Waals surface area contributed by atoms with Gasteiger partial charge in [0.25, 0.3) is 0 Å². The third kappa shape index (κ3) is 10.8. The molecular formula is C47H51N3O7S2. The molecular weight excluding hydrogens is 783 g/mol. The van der Waals surface area contributed by atoms with Gasteiger partial charge in [-0.15, -0.1) is 0 Å². The topological polar surface area (TPSA) is 145 Å². The van der Waals surface area contributed by atoms with Crippen molar-refractivity contribution in [1.29, 1.82) is 0 Å². The van der Waals surface area contributed by atoms with Crippen molar-refractivity contribution in [3.63, 3.8) is 0 Å². The van der Waals surface area contributed by atoms with Crippen LogP contribution >= 0.6 is 10.9 Å². The van der Waals surface area contributed by atoms with Crippen LogP contribution in [0, 0.1) is 6.92 Å². The summed E-state index contributed by atoms with van der Waals surface area (Å²) in [7, 11) is -8.40. The molecule has 12 heteroatoms. The van der Waals surface area contributed by atoms with Gasteiger partial charge in [0.2, 0.25) is 0 Å². The first-order chi connectivity index (χ1) is 28.2. The summed E-state index contributed by atoms with van der Waals surface area (Å²) in [5.74, 6) is 0.819. The number of aryl methyl sites for hydroxylation is 1. The fraction of sp³-hybridized carbons (Fsp3) is 0.213. The molecule has 0 aliphatic heterocycles. The van der Waals surface area contributed by atoms with Crippen LogP contribution in [0.3, 0.4) is 0 Å². The SMILES string of the molecule is CCOc1ccc(Nc2ccc(C(=C3C=CC(=[N+](CC)Cc4cccc(S(O)(O)O)c4)C=C3C)c3ccc(N(CC)Cc4cccc(S(=O)(=O)[O-])c4)cc3C)cc2)cc1. The number of hydrogen-bond acceptors (Lipinski definition) is 9. The smallest absolute Gasteiger partial charge is 0.200 e. The van der Waals surface area contributed by atoms with E-state index in [0.717, 1.165) is 73.1 Å². The molecule has 1 aliphatic carbocycles. The molecule has 0 saturated carbocycles. The molecule has 308 valence electrons. The summed E-state index contributed by atoms with van der Waals surface area (Å²) in [6, 6.07) is 35.6. The van der Waals surface area contributed by atoms with Crippen molar-refractivity contribution < 1.29 is 35.9 Å². The second kappa shape index (κ2) is 18.6. The molecule has 0 amide bonds. The highest BCUT2D eigenvalue weighted by molar-refractivity contribution is 8.19. The lowest BCUT2D eigenvalue weighted by atomic mass is 9.85. The first kappa shape index (κ1) is 43.1. The predicted octanol–water partition coefficient (Wildman–Crippen LogP) is 10.6. The van der Waals surface area contributed by atoms with E-state index in [2.05, 4.69) is 96.3 Å². The molecule has 5 aromatic rings. The molecule has 10 nitrogen and oxygen atoms in total. The minimum atomic E-state index is -4.57. The first-order valence-electron chi connectivity index (χ1n) is 19.5. The molecule has 0 atom stereocenters. The first-order valence-corrected chi connectivity index (χ1v) is 22.4. The summed E-state index contributed by atoms with van der Waals surface area (Å²) in [4.78, 5) is 1.99. The Bertz CT molecular complexity index is 2540. The van der Waals surface area contributed by atoms with E-state index in [9.17, 15) is 26.6 Å². The van der Waals surface area contributed by atoms with Crippen LogP contribution in [0.15, 0.2) is 154 Å². The summed E-state index contributed by atoms with van der Waals surface area (Å²) in [5, 5.41) is 3.49. The number of rotatable bonds is 15. The van der Waals surface area contributed by atoms with Gasteiger partial charge in [-0.25, -0.2) is 13.0 Å². The molecule has 59 heavy (non-hydrogen) atoms. The van der Waals surface area contributed by atoms with Gasteiger partial charge in [0, 0.05) is 47.9 Å². The third-order valence-electron chi connectivity index (χ3n) is 10.2. The summed E-state index contributed by atoms with van der Waals surface area (Å²) >= 11 is 0. The molecule has 5 aromatic carbocycles. The molecule has 0 spiro atoms. The molecule has 0 unspecified atom stereocenters. The zero-order valence-electron chi connectivity index (χ0n) is 33.9. The van der Waals surface area contributed by atoms with Crippen LogP contribution in [-0.2, 0) is 23.2 Å². The molecule has 0 radical (unpaired) electrons. The molecule has 6 rings (SSSR count). The maximum Gasteiger partial charge on any atom is 0.200 e. The van der Waals surface area contributed by atoms with Gasteiger partial charge >= 0.3 is 0 Å². The van der Waals surface area contributed by atoms with Crippen molar-refractivity contribution in [2.75, 3.05) is 29.9 Å². The van der Waals surface area contributed by atoms with E-state index in [1.807, 2.05) is 50.2 Å². The van der Waals surface area contributed by atoms with E-state index in [0.29, 0.717) is 32.8 Å². The predicted molar refractivity (Wildman–Crippen MR) is 238 cm³/mol. The standard InChI is InChI=1S/C47H51N3O7S2/c1-6-49(31-35-11-9-13-43(29-35)58(51,52)53)40-21-25-45(33(4)27-40)47(37-15-17-38(18-16-37)48-39-19-23-42(24-20-39)57-8-3)46-26-22-41(28-34(46)5)50(7-2)32-36-12-10-14-44(30-36)59(54,55)56/h9-30H,6-8,31-32H2,1-5H3,(H4,51,52,53,54,55,56). The Morgan fingerprint density at radius 1 is 0.780 bits per heavy atom. The average Bonchev–Trinajstić information content (AvgIpc) is 3.21. The van der Waals surface area contributed by atoms with Crippen LogP contribution < -0.4 is 15.0 Å². The number of nitrogens with zero attached hydrogens (tertiary/aromatic N) is 2. The van der Waals surface area contributed by atoms with E-state index >= 15 is 0 Å². The Labute approximate surface area is 349 Å². The van der Waals surface area contributed by atoms with Crippen LogP contribution in [0.2, 0.25) is 0 Å². The number of hydrogen-bond donors (Lipinski definition) is 4. The van der Waals surface area contributed by atoms with Gasteiger partial charge in [-0.05, 0) is 152 Å². The van der Waals surface area contributed by atoms with Gasteiger partial charge in [-0.2, -0.15) is 0 Å². The zero-order valence-corrected chi connectivity index (χ0v) is 35.6. The van der Waals surface area contributed by atoms with Gasteiger partial charge in [0.15, 0.2) is 12.3 Å². The van der Waals surface area contributed by atoms with Crippen LogP contribution in [-0.4, -0.2) is 56.6 Å².